The number of hydrogen-bond donors (Lipinski definition) is 0. The van der Waals surface area contributed by atoms with Gasteiger partial charge in [-0.25, -0.2) is 0 Å². The molecule has 2 rings (SSSR count). The second-order valence-corrected chi connectivity index (χ2v) is 3.08. The molecule has 0 atom stereocenters. The Morgan fingerprint density at radius 1 is 1.42 bits per heavy atom. The Bertz CT molecular complexity index is 387. The summed E-state index contributed by atoms with van der Waals surface area (Å²) in [6, 6.07) is 3.57. The van der Waals surface area contributed by atoms with Gasteiger partial charge in [0, 0.05) is 18.8 Å². The summed E-state index contributed by atoms with van der Waals surface area (Å²) in [7, 11) is 1.82. The summed E-state index contributed by atoms with van der Waals surface area (Å²) in [5.74, 6) is 0. The van der Waals surface area contributed by atoms with Crippen LogP contribution < -0.4 is 5.56 Å². The Hall–Kier alpha value is -1.31. The SMILES string of the molecule is Cn1c2c(ccc1=O)CCC=C2. The minimum Gasteiger partial charge on any atom is -0.312 e. The second-order valence-electron chi connectivity index (χ2n) is 3.08. The first kappa shape index (κ1) is 7.35. The molecular formula is C10H11NO. The summed E-state index contributed by atoms with van der Waals surface area (Å²) in [4.78, 5) is 11.2. The van der Waals surface area contributed by atoms with Gasteiger partial charge < -0.3 is 4.57 Å². The fraction of sp³-hybridized carbons (Fsp3) is 0.300. The van der Waals surface area contributed by atoms with Crippen molar-refractivity contribution in [1.29, 1.82) is 0 Å². The summed E-state index contributed by atoms with van der Waals surface area (Å²) < 4.78 is 1.70. The molecule has 0 radical (unpaired) electrons. The van der Waals surface area contributed by atoms with Crippen molar-refractivity contribution in [3.63, 3.8) is 0 Å². The summed E-state index contributed by atoms with van der Waals surface area (Å²) in [5, 5.41) is 0. The smallest absolute Gasteiger partial charge is 0.250 e. The topological polar surface area (TPSA) is 22.0 Å². The van der Waals surface area contributed by atoms with Crippen LogP contribution in [0, 0.1) is 0 Å². The predicted molar refractivity (Wildman–Crippen MR) is 49.0 cm³/mol. The quantitative estimate of drug-likeness (QED) is 0.563. The molecule has 1 aromatic heterocycles. The molecule has 0 spiro atoms. The Morgan fingerprint density at radius 2 is 2.25 bits per heavy atom. The van der Waals surface area contributed by atoms with Crippen LogP contribution in [0.3, 0.4) is 0 Å². The van der Waals surface area contributed by atoms with Crippen LogP contribution in [0.1, 0.15) is 17.7 Å². The number of allylic oxidation sites excluding steroid dienone is 1. The summed E-state index contributed by atoms with van der Waals surface area (Å²) in [6.07, 6.45) is 6.28. The Kier molecular flexibility index (Phi) is 1.61. The van der Waals surface area contributed by atoms with Gasteiger partial charge in [-0.15, -0.1) is 0 Å². The summed E-state index contributed by atoms with van der Waals surface area (Å²) >= 11 is 0. The van der Waals surface area contributed by atoms with Crippen molar-refractivity contribution < 1.29 is 0 Å². The van der Waals surface area contributed by atoms with Gasteiger partial charge in [-0.1, -0.05) is 12.1 Å². The number of aromatic nitrogens is 1. The average Bonchev–Trinajstić information content (AvgIpc) is 2.12. The van der Waals surface area contributed by atoms with Gasteiger partial charge in [-0.3, -0.25) is 4.79 Å². The monoisotopic (exact) mass is 161 g/mol. The lowest BCUT2D eigenvalue weighted by molar-refractivity contribution is 0.811. The van der Waals surface area contributed by atoms with E-state index in [9.17, 15) is 4.79 Å². The highest BCUT2D eigenvalue weighted by Gasteiger charge is 2.06. The Morgan fingerprint density at radius 3 is 3.08 bits per heavy atom. The van der Waals surface area contributed by atoms with Crippen molar-refractivity contribution in [2.24, 2.45) is 7.05 Å². The van der Waals surface area contributed by atoms with Gasteiger partial charge in [-0.2, -0.15) is 0 Å². The lowest BCUT2D eigenvalue weighted by atomic mass is 10.0. The molecule has 0 aliphatic heterocycles. The third-order valence-electron chi connectivity index (χ3n) is 2.30. The first-order valence-electron chi connectivity index (χ1n) is 4.14. The van der Waals surface area contributed by atoms with E-state index in [1.54, 1.807) is 10.6 Å². The molecule has 0 unspecified atom stereocenters. The molecular weight excluding hydrogens is 150 g/mol. The predicted octanol–water partition coefficient (Wildman–Crippen LogP) is 1.34. The van der Waals surface area contributed by atoms with Crippen LogP contribution in [0.4, 0.5) is 0 Å². The minimum atomic E-state index is 0.0697. The zero-order valence-corrected chi connectivity index (χ0v) is 7.08. The zero-order valence-electron chi connectivity index (χ0n) is 7.08. The number of hydrogen-bond acceptors (Lipinski definition) is 1. The van der Waals surface area contributed by atoms with Crippen LogP contribution in [-0.2, 0) is 13.5 Å². The van der Waals surface area contributed by atoms with Gasteiger partial charge in [-0.05, 0) is 24.5 Å². The Balaban J connectivity index is 2.72. The molecule has 0 fully saturated rings. The van der Waals surface area contributed by atoms with Crippen LogP contribution in [-0.4, -0.2) is 4.57 Å². The van der Waals surface area contributed by atoms with E-state index in [1.165, 1.54) is 5.56 Å². The molecule has 1 heterocycles. The maximum Gasteiger partial charge on any atom is 0.250 e. The largest absolute Gasteiger partial charge is 0.312 e. The number of nitrogens with zero attached hydrogens (tertiary/aromatic N) is 1. The fourth-order valence-corrected chi connectivity index (χ4v) is 1.57. The summed E-state index contributed by atoms with van der Waals surface area (Å²) in [6.45, 7) is 0. The molecule has 62 valence electrons. The third kappa shape index (κ3) is 0.998. The van der Waals surface area contributed by atoms with Crippen molar-refractivity contribution in [2.75, 3.05) is 0 Å². The highest BCUT2D eigenvalue weighted by molar-refractivity contribution is 5.52. The molecule has 1 aromatic rings. The first-order valence-corrected chi connectivity index (χ1v) is 4.14. The molecule has 0 aromatic carbocycles. The molecule has 2 nitrogen and oxygen atoms in total. The molecule has 0 amide bonds. The van der Waals surface area contributed by atoms with Crippen molar-refractivity contribution in [2.45, 2.75) is 12.8 Å². The Labute approximate surface area is 71.2 Å². The van der Waals surface area contributed by atoms with E-state index in [2.05, 4.69) is 6.08 Å². The van der Waals surface area contributed by atoms with E-state index in [-0.39, 0.29) is 5.56 Å². The van der Waals surface area contributed by atoms with E-state index < -0.39 is 0 Å². The lowest BCUT2D eigenvalue weighted by Gasteiger charge is -2.12. The standard InChI is InChI=1S/C10H11NO/c1-11-9-5-3-2-4-8(9)6-7-10(11)12/h3,5-7H,2,4H2,1H3. The normalized spacial score (nSPS) is 14.4. The van der Waals surface area contributed by atoms with E-state index in [0.29, 0.717) is 0 Å². The molecule has 1 aliphatic rings. The summed E-state index contributed by atoms with van der Waals surface area (Å²) in [5.41, 5.74) is 2.41. The highest BCUT2D eigenvalue weighted by atomic mass is 16.1. The van der Waals surface area contributed by atoms with Crippen LogP contribution >= 0.6 is 0 Å². The minimum absolute atomic E-state index is 0.0697. The molecule has 0 N–H and O–H groups in total. The second kappa shape index (κ2) is 2.63. The number of aryl methyl sites for hydroxylation is 1. The van der Waals surface area contributed by atoms with Crippen LogP contribution in [0.25, 0.3) is 6.08 Å². The van der Waals surface area contributed by atoms with Crippen LogP contribution in [0.15, 0.2) is 23.0 Å². The van der Waals surface area contributed by atoms with Gasteiger partial charge >= 0.3 is 0 Å². The first-order chi connectivity index (χ1) is 5.79. The maximum atomic E-state index is 11.2. The molecule has 0 saturated heterocycles. The third-order valence-corrected chi connectivity index (χ3v) is 2.30. The highest BCUT2D eigenvalue weighted by Crippen LogP contribution is 2.15. The van der Waals surface area contributed by atoms with Gasteiger partial charge in [0.2, 0.25) is 0 Å². The van der Waals surface area contributed by atoms with Crippen molar-refractivity contribution in [3.8, 4) is 0 Å². The van der Waals surface area contributed by atoms with E-state index in [0.717, 1.165) is 18.5 Å². The number of pyridine rings is 1. The number of rotatable bonds is 0. The van der Waals surface area contributed by atoms with Crippen molar-refractivity contribution in [3.05, 3.63) is 39.8 Å². The molecule has 2 heteroatoms. The van der Waals surface area contributed by atoms with Gasteiger partial charge in [0.05, 0.1) is 0 Å². The van der Waals surface area contributed by atoms with Crippen molar-refractivity contribution >= 4 is 6.08 Å². The molecule has 12 heavy (non-hydrogen) atoms. The van der Waals surface area contributed by atoms with E-state index in [4.69, 9.17) is 0 Å². The molecule has 0 bridgehead atoms. The molecule has 0 saturated carbocycles. The van der Waals surface area contributed by atoms with E-state index >= 15 is 0 Å². The lowest BCUT2D eigenvalue weighted by Crippen LogP contribution is -2.19. The van der Waals surface area contributed by atoms with Crippen molar-refractivity contribution in [1.82, 2.24) is 4.57 Å². The zero-order chi connectivity index (χ0) is 8.55. The van der Waals surface area contributed by atoms with E-state index in [1.807, 2.05) is 19.2 Å². The van der Waals surface area contributed by atoms with Crippen LogP contribution in [0.2, 0.25) is 0 Å². The number of fused-ring (bicyclic) bond motifs is 1. The molecule has 1 aliphatic carbocycles. The van der Waals surface area contributed by atoms with Gasteiger partial charge in [0.25, 0.3) is 5.56 Å². The van der Waals surface area contributed by atoms with Gasteiger partial charge in [0.15, 0.2) is 0 Å². The average molecular weight is 161 g/mol. The van der Waals surface area contributed by atoms with Crippen LogP contribution in [0.5, 0.6) is 0 Å². The fourth-order valence-electron chi connectivity index (χ4n) is 1.57. The maximum absolute atomic E-state index is 11.2. The van der Waals surface area contributed by atoms with Gasteiger partial charge in [0.1, 0.15) is 0 Å².